The molecule has 0 saturated carbocycles. The van der Waals surface area contributed by atoms with Gasteiger partial charge in [-0.25, -0.2) is 9.97 Å². The standard InChI is InChI=1S/C22H21N3OS/c1-14(16-5-4-6-19(12-16)26-3)23-22-13-20(24-15(2)25-22)17-7-8-21-18(11-17)9-10-27-21/h4-14H,1-3H3,(H,23,24,25)/t14-/m0/s1. The van der Waals surface area contributed by atoms with Crippen LogP contribution in [0.2, 0.25) is 0 Å². The fraction of sp³-hybridized carbons (Fsp3) is 0.182. The Morgan fingerprint density at radius 3 is 2.78 bits per heavy atom. The minimum absolute atomic E-state index is 0.0987. The third kappa shape index (κ3) is 3.78. The van der Waals surface area contributed by atoms with Crippen LogP contribution in [0.3, 0.4) is 0 Å². The van der Waals surface area contributed by atoms with Gasteiger partial charge in [-0.15, -0.1) is 11.3 Å². The summed E-state index contributed by atoms with van der Waals surface area (Å²) in [6, 6.07) is 18.8. The van der Waals surface area contributed by atoms with E-state index in [4.69, 9.17) is 4.74 Å². The monoisotopic (exact) mass is 375 g/mol. The first kappa shape index (κ1) is 17.5. The van der Waals surface area contributed by atoms with Crippen LogP contribution in [0.4, 0.5) is 5.82 Å². The van der Waals surface area contributed by atoms with Crippen molar-refractivity contribution < 1.29 is 4.74 Å². The first-order valence-electron chi connectivity index (χ1n) is 8.86. The average Bonchev–Trinajstić information content (AvgIpc) is 3.15. The molecule has 2 aromatic carbocycles. The molecule has 1 atom stereocenters. The maximum absolute atomic E-state index is 5.33. The van der Waals surface area contributed by atoms with E-state index in [2.05, 4.69) is 57.9 Å². The first-order valence-corrected chi connectivity index (χ1v) is 9.74. The van der Waals surface area contributed by atoms with Crippen molar-refractivity contribution in [1.82, 2.24) is 9.97 Å². The van der Waals surface area contributed by atoms with Crippen LogP contribution >= 0.6 is 11.3 Å². The second kappa shape index (κ2) is 7.37. The average molecular weight is 375 g/mol. The van der Waals surface area contributed by atoms with E-state index in [-0.39, 0.29) is 6.04 Å². The highest BCUT2D eigenvalue weighted by Gasteiger charge is 2.10. The van der Waals surface area contributed by atoms with Crippen LogP contribution in [0.15, 0.2) is 60.0 Å². The van der Waals surface area contributed by atoms with Crippen molar-refractivity contribution in [2.24, 2.45) is 0 Å². The molecule has 0 unspecified atom stereocenters. The van der Waals surface area contributed by atoms with E-state index in [0.717, 1.165) is 34.2 Å². The topological polar surface area (TPSA) is 47.0 Å². The second-order valence-electron chi connectivity index (χ2n) is 6.50. The Balaban J connectivity index is 1.63. The molecule has 0 radical (unpaired) electrons. The molecule has 2 aromatic heterocycles. The van der Waals surface area contributed by atoms with Gasteiger partial charge in [-0.3, -0.25) is 0 Å². The molecule has 1 N–H and O–H groups in total. The number of anilines is 1. The molecule has 0 saturated heterocycles. The number of aryl methyl sites for hydroxylation is 1. The van der Waals surface area contributed by atoms with Crippen molar-refractivity contribution in [2.45, 2.75) is 19.9 Å². The summed E-state index contributed by atoms with van der Waals surface area (Å²) in [5, 5.41) is 6.85. The van der Waals surface area contributed by atoms with Gasteiger partial charge in [0.15, 0.2) is 0 Å². The number of hydrogen-bond acceptors (Lipinski definition) is 5. The highest BCUT2D eigenvalue weighted by atomic mass is 32.1. The number of benzene rings is 2. The number of nitrogens with one attached hydrogen (secondary N) is 1. The van der Waals surface area contributed by atoms with Gasteiger partial charge >= 0.3 is 0 Å². The van der Waals surface area contributed by atoms with Gasteiger partial charge in [-0.05, 0) is 60.5 Å². The zero-order chi connectivity index (χ0) is 18.8. The Morgan fingerprint density at radius 1 is 1.04 bits per heavy atom. The van der Waals surface area contributed by atoms with E-state index in [0.29, 0.717) is 0 Å². The summed E-state index contributed by atoms with van der Waals surface area (Å²) < 4.78 is 6.61. The summed E-state index contributed by atoms with van der Waals surface area (Å²) in [5.74, 6) is 2.42. The van der Waals surface area contributed by atoms with Crippen LogP contribution in [-0.2, 0) is 0 Å². The minimum Gasteiger partial charge on any atom is -0.497 e. The number of hydrogen-bond donors (Lipinski definition) is 1. The van der Waals surface area contributed by atoms with Gasteiger partial charge in [-0.1, -0.05) is 18.2 Å². The van der Waals surface area contributed by atoms with Gasteiger partial charge in [0.25, 0.3) is 0 Å². The van der Waals surface area contributed by atoms with Gasteiger partial charge in [0.1, 0.15) is 17.4 Å². The second-order valence-corrected chi connectivity index (χ2v) is 7.45. The fourth-order valence-electron chi connectivity index (χ4n) is 3.13. The first-order chi connectivity index (χ1) is 13.1. The van der Waals surface area contributed by atoms with Crippen LogP contribution < -0.4 is 10.1 Å². The predicted octanol–water partition coefficient (Wildman–Crippen LogP) is 5.85. The van der Waals surface area contributed by atoms with Gasteiger partial charge in [0.2, 0.25) is 0 Å². The number of aromatic nitrogens is 2. The zero-order valence-electron chi connectivity index (χ0n) is 15.6. The summed E-state index contributed by atoms with van der Waals surface area (Å²) in [4.78, 5) is 9.20. The number of fused-ring (bicyclic) bond motifs is 1. The molecule has 2 heterocycles. The molecule has 0 fully saturated rings. The number of nitrogens with zero attached hydrogens (tertiary/aromatic N) is 2. The summed E-state index contributed by atoms with van der Waals surface area (Å²) in [6.45, 7) is 4.04. The molecule has 0 amide bonds. The summed E-state index contributed by atoms with van der Waals surface area (Å²) in [6.07, 6.45) is 0. The molecule has 0 spiro atoms. The summed E-state index contributed by atoms with van der Waals surface area (Å²) >= 11 is 1.75. The normalized spacial score (nSPS) is 12.1. The zero-order valence-corrected chi connectivity index (χ0v) is 16.4. The maximum atomic E-state index is 5.33. The lowest BCUT2D eigenvalue weighted by molar-refractivity contribution is 0.414. The number of methoxy groups -OCH3 is 1. The van der Waals surface area contributed by atoms with Crippen LogP contribution in [-0.4, -0.2) is 17.1 Å². The molecule has 0 bridgehead atoms. The Kier molecular flexibility index (Phi) is 4.77. The van der Waals surface area contributed by atoms with Gasteiger partial charge in [-0.2, -0.15) is 0 Å². The largest absolute Gasteiger partial charge is 0.497 e. The molecule has 4 rings (SSSR count). The molecule has 0 aliphatic heterocycles. The molecular weight excluding hydrogens is 354 g/mol. The van der Waals surface area contributed by atoms with Crippen molar-refractivity contribution in [1.29, 1.82) is 0 Å². The summed E-state index contributed by atoms with van der Waals surface area (Å²) in [5.41, 5.74) is 3.17. The molecule has 0 aliphatic carbocycles. The van der Waals surface area contributed by atoms with Gasteiger partial charge in [0, 0.05) is 16.3 Å². The third-order valence-corrected chi connectivity index (χ3v) is 5.44. The molecule has 27 heavy (non-hydrogen) atoms. The van der Waals surface area contributed by atoms with E-state index >= 15 is 0 Å². The van der Waals surface area contributed by atoms with Gasteiger partial charge in [0.05, 0.1) is 18.8 Å². The van der Waals surface area contributed by atoms with E-state index in [9.17, 15) is 0 Å². The van der Waals surface area contributed by atoms with Crippen molar-refractivity contribution in [3.05, 3.63) is 71.4 Å². The Bertz CT molecular complexity index is 1090. The maximum Gasteiger partial charge on any atom is 0.130 e. The lowest BCUT2D eigenvalue weighted by Crippen LogP contribution is -2.09. The van der Waals surface area contributed by atoms with E-state index in [1.54, 1.807) is 18.4 Å². The van der Waals surface area contributed by atoms with E-state index < -0.39 is 0 Å². The van der Waals surface area contributed by atoms with Crippen molar-refractivity contribution >= 4 is 27.2 Å². The number of thiophene rings is 1. The van der Waals surface area contributed by atoms with Crippen LogP contribution in [0, 0.1) is 6.92 Å². The van der Waals surface area contributed by atoms with Crippen molar-refractivity contribution in [3.63, 3.8) is 0 Å². The molecular formula is C22H21N3OS. The predicted molar refractivity (Wildman–Crippen MR) is 113 cm³/mol. The Hall–Kier alpha value is -2.92. The third-order valence-electron chi connectivity index (χ3n) is 4.54. The Morgan fingerprint density at radius 2 is 1.93 bits per heavy atom. The fourth-order valence-corrected chi connectivity index (χ4v) is 3.90. The lowest BCUT2D eigenvalue weighted by atomic mass is 10.1. The van der Waals surface area contributed by atoms with Crippen LogP contribution in [0.5, 0.6) is 5.75 Å². The minimum atomic E-state index is 0.0987. The van der Waals surface area contributed by atoms with Crippen molar-refractivity contribution in [2.75, 3.05) is 12.4 Å². The van der Waals surface area contributed by atoms with E-state index in [1.807, 2.05) is 31.2 Å². The molecule has 5 heteroatoms. The number of rotatable bonds is 5. The SMILES string of the molecule is COc1cccc([C@H](C)Nc2cc(-c3ccc4sccc4c3)nc(C)n2)c1. The quantitative estimate of drug-likeness (QED) is 0.475. The highest BCUT2D eigenvalue weighted by Crippen LogP contribution is 2.28. The number of ether oxygens (including phenoxy) is 1. The van der Waals surface area contributed by atoms with Crippen molar-refractivity contribution in [3.8, 4) is 17.0 Å². The van der Waals surface area contributed by atoms with Crippen LogP contribution in [0.25, 0.3) is 21.3 Å². The lowest BCUT2D eigenvalue weighted by Gasteiger charge is -2.16. The van der Waals surface area contributed by atoms with Gasteiger partial charge < -0.3 is 10.1 Å². The molecule has 4 aromatic rings. The van der Waals surface area contributed by atoms with E-state index in [1.165, 1.54) is 10.1 Å². The van der Waals surface area contributed by atoms with Crippen LogP contribution in [0.1, 0.15) is 24.4 Å². The summed E-state index contributed by atoms with van der Waals surface area (Å²) in [7, 11) is 1.68. The molecule has 136 valence electrons. The smallest absolute Gasteiger partial charge is 0.130 e. The Labute approximate surface area is 162 Å². The molecule has 0 aliphatic rings. The molecule has 4 nitrogen and oxygen atoms in total. The highest BCUT2D eigenvalue weighted by molar-refractivity contribution is 7.17.